The summed E-state index contributed by atoms with van der Waals surface area (Å²) in [6.07, 6.45) is 0. The van der Waals surface area contributed by atoms with Gasteiger partial charge in [-0.2, -0.15) is 9.97 Å². The summed E-state index contributed by atoms with van der Waals surface area (Å²) in [5.41, 5.74) is 5.49. The molecule has 0 amide bonds. The predicted molar refractivity (Wildman–Crippen MR) is 186 cm³/mol. The largest absolute Gasteiger partial charge is 0.456 e. The van der Waals surface area contributed by atoms with Crippen molar-refractivity contribution in [2.24, 2.45) is 0 Å². The van der Waals surface area contributed by atoms with Crippen LogP contribution in [-0.2, 0) is 0 Å². The van der Waals surface area contributed by atoms with Gasteiger partial charge in [0.2, 0.25) is 5.95 Å². The molecule has 0 N–H and O–H groups in total. The molecule has 0 bridgehead atoms. The van der Waals surface area contributed by atoms with E-state index in [-0.39, 0.29) is 0 Å². The first-order valence-corrected chi connectivity index (χ1v) is 15.6. The third-order valence-electron chi connectivity index (χ3n) is 8.13. The highest BCUT2D eigenvalue weighted by Crippen LogP contribution is 2.44. The minimum absolute atomic E-state index is 0.546. The van der Waals surface area contributed by atoms with Gasteiger partial charge in [-0.1, -0.05) is 91.0 Å². The summed E-state index contributed by atoms with van der Waals surface area (Å²) in [5, 5.41) is 4.48. The minimum atomic E-state index is 0.546. The van der Waals surface area contributed by atoms with Crippen molar-refractivity contribution in [1.82, 2.24) is 15.0 Å². The van der Waals surface area contributed by atoms with E-state index >= 15 is 0 Å². The van der Waals surface area contributed by atoms with Gasteiger partial charge >= 0.3 is 0 Å². The Labute approximate surface area is 262 Å². The third-order valence-corrected chi connectivity index (χ3v) is 9.26. The zero-order chi connectivity index (χ0) is 29.7. The predicted octanol–water partition coefficient (Wildman–Crippen LogP) is 10.9. The van der Waals surface area contributed by atoms with Crippen molar-refractivity contribution in [3.8, 4) is 22.8 Å². The molecule has 3 aromatic heterocycles. The maximum Gasteiger partial charge on any atom is 0.238 e. The summed E-state index contributed by atoms with van der Waals surface area (Å²) in [4.78, 5) is 17.5. The van der Waals surface area contributed by atoms with E-state index in [0.717, 1.165) is 44.4 Å². The van der Waals surface area contributed by atoms with Crippen LogP contribution in [0.15, 0.2) is 150 Å². The quantitative estimate of drug-likeness (QED) is 0.198. The van der Waals surface area contributed by atoms with E-state index in [4.69, 9.17) is 19.4 Å². The number of benzene rings is 6. The molecule has 0 fully saturated rings. The summed E-state index contributed by atoms with van der Waals surface area (Å²) in [5.74, 6) is 1.75. The van der Waals surface area contributed by atoms with E-state index in [0.29, 0.717) is 17.6 Å². The fraction of sp³-hybridized carbons (Fsp3) is 0. The number of fused-ring (bicyclic) bond motifs is 6. The lowest BCUT2D eigenvalue weighted by atomic mass is 10.1. The van der Waals surface area contributed by atoms with Crippen LogP contribution in [0, 0.1) is 0 Å². The Morgan fingerprint density at radius 1 is 0.489 bits per heavy atom. The molecule has 0 atom stereocenters. The van der Waals surface area contributed by atoms with Gasteiger partial charge in [-0.15, -0.1) is 11.3 Å². The molecule has 9 rings (SSSR count). The van der Waals surface area contributed by atoms with Gasteiger partial charge in [0.15, 0.2) is 11.6 Å². The SMILES string of the molecule is c1ccc(-c2nc(-c3ccc4oc5ccccc5c4c3)nc(N(c3ccccc3)c3cccc4sc5ccccc5c34)n2)cc1. The minimum Gasteiger partial charge on any atom is -0.456 e. The van der Waals surface area contributed by atoms with Gasteiger partial charge < -0.3 is 4.42 Å². The Balaban J connectivity index is 1.32. The van der Waals surface area contributed by atoms with Crippen LogP contribution in [0.25, 0.3) is 64.9 Å². The Hall–Kier alpha value is -5.85. The van der Waals surface area contributed by atoms with Crippen molar-refractivity contribution in [3.63, 3.8) is 0 Å². The van der Waals surface area contributed by atoms with E-state index in [9.17, 15) is 0 Å². The fourth-order valence-corrected chi connectivity index (χ4v) is 7.18. The van der Waals surface area contributed by atoms with Crippen molar-refractivity contribution in [3.05, 3.63) is 146 Å². The van der Waals surface area contributed by atoms with Gasteiger partial charge in [-0.05, 0) is 54.6 Å². The standard InChI is InChI=1S/C39H24N4OS/c1-3-12-25(13-4-1)37-40-38(26-22-23-33-30(24-26)28-16-7-9-19-32(28)44-33)42-39(41-37)43(27-14-5-2-6-15-27)31-18-11-21-35-36(31)29-17-8-10-20-34(29)45-35/h1-24H. The zero-order valence-corrected chi connectivity index (χ0v) is 24.8. The van der Waals surface area contributed by atoms with Gasteiger partial charge in [0.1, 0.15) is 11.2 Å². The first-order valence-electron chi connectivity index (χ1n) is 14.8. The second-order valence-corrected chi connectivity index (χ2v) is 12.0. The van der Waals surface area contributed by atoms with Gasteiger partial charge in [0, 0.05) is 47.8 Å². The summed E-state index contributed by atoms with van der Waals surface area (Å²) in [7, 11) is 0. The van der Waals surface area contributed by atoms with Crippen LogP contribution in [0.1, 0.15) is 0 Å². The summed E-state index contributed by atoms with van der Waals surface area (Å²) in [6, 6.07) is 49.7. The number of hydrogen-bond acceptors (Lipinski definition) is 6. The van der Waals surface area contributed by atoms with Crippen LogP contribution >= 0.6 is 11.3 Å². The molecule has 45 heavy (non-hydrogen) atoms. The second-order valence-electron chi connectivity index (χ2n) is 10.9. The molecule has 5 nitrogen and oxygen atoms in total. The molecule has 0 aliphatic carbocycles. The van der Waals surface area contributed by atoms with E-state index in [1.54, 1.807) is 11.3 Å². The maximum atomic E-state index is 6.12. The molecule has 212 valence electrons. The Morgan fingerprint density at radius 3 is 2.00 bits per heavy atom. The van der Waals surface area contributed by atoms with Gasteiger partial charge in [-0.3, -0.25) is 4.90 Å². The van der Waals surface area contributed by atoms with Crippen LogP contribution < -0.4 is 4.90 Å². The van der Waals surface area contributed by atoms with E-state index in [1.165, 1.54) is 20.2 Å². The zero-order valence-electron chi connectivity index (χ0n) is 24.0. The fourth-order valence-electron chi connectivity index (χ4n) is 6.06. The number of thiophene rings is 1. The highest BCUT2D eigenvalue weighted by Gasteiger charge is 2.23. The van der Waals surface area contributed by atoms with Crippen LogP contribution in [0.4, 0.5) is 17.3 Å². The first-order chi connectivity index (χ1) is 22.3. The lowest BCUT2D eigenvalue weighted by Gasteiger charge is -2.25. The van der Waals surface area contributed by atoms with Gasteiger partial charge in [0.25, 0.3) is 0 Å². The van der Waals surface area contributed by atoms with Crippen LogP contribution in [0.3, 0.4) is 0 Å². The van der Waals surface area contributed by atoms with Crippen molar-refractivity contribution in [2.45, 2.75) is 0 Å². The van der Waals surface area contributed by atoms with Gasteiger partial charge in [0.05, 0.1) is 5.69 Å². The van der Waals surface area contributed by atoms with Crippen LogP contribution in [-0.4, -0.2) is 15.0 Å². The van der Waals surface area contributed by atoms with Crippen molar-refractivity contribution < 1.29 is 4.42 Å². The molecule has 9 aromatic rings. The topological polar surface area (TPSA) is 55.1 Å². The van der Waals surface area contributed by atoms with Crippen LogP contribution in [0.5, 0.6) is 0 Å². The smallest absolute Gasteiger partial charge is 0.238 e. The van der Waals surface area contributed by atoms with E-state index < -0.39 is 0 Å². The van der Waals surface area contributed by atoms with E-state index in [2.05, 4.69) is 71.6 Å². The number of rotatable bonds is 5. The van der Waals surface area contributed by atoms with Gasteiger partial charge in [-0.25, -0.2) is 4.98 Å². The third kappa shape index (κ3) is 4.34. The molecule has 0 aliphatic heterocycles. The summed E-state index contributed by atoms with van der Waals surface area (Å²) < 4.78 is 8.58. The van der Waals surface area contributed by atoms with Crippen molar-refractivity contribution in [2.75, 3.05) is 4.90 Å². The second kappa shape index (κ2) is 10.4. The lowest BCUT2D eigenvalue weighted by molar-refractivity contribution is 0.669. The Kier molecular flexibility index (Phi) is 5.92. The average molecular weight is 597 g/mol. The number of para-hydroxylation sites is 2. The number of hydrogen-bond donors (Lipinski definition) is 0. The number of furan rings is 1. The normalized spacial score (nSPS) is 11.6. The van der Waals surface area contributed by atoms with E-state index in [1.807, 2.05) is 78.9 Å². The maximum absolute atomic E-state index is 6.12. The molecule has 0 unspecified atom stereocenters. The highest BCUT2D eigenvalue weighted by molar-refractivity contribution is 7.26. The Morgan fingerprint density at radius 2 is 1.16 bits per heavy atom. The highest BCUT2D eigenvalue weighted by atomic mass is 32.1. The lowest BCUT2D eigenvalue weighted by Crippen LogP contribution is -2.15. The molecule has 0 spiro atoms. The van der Waals surface area contributed by atoms with Crippen molar-refractivity contribution in [1.29, 1.82) is 0 Å². The molecule has 6 heteroatoms. The summed E-state index contributed by atoms with van der Waals surface area (Å²) >= 11 is 1.80. The molecule has 0 aliphatic rings. The van der Waals surface area contributed by atoms with Crippen molar-refractivity contribution >= 4 is 70.8 Å². The van der Waals surface area contributed by atoms with Crippen LogP contribution in [0.2, 0.25) is 0 Å². The number of anilines is 3. The molecule has 0 saturated heterocycles. The first kappa shape index (κ1) is 25.6. The molecule has 0 saturated carbocycles. The molecule has 3 heterocycles. The number of nitrogens with zero attached hydrogens (tertiary/aromatic N) is 4. The molecular formula is C39H24N4OS. The Bertz CT molecular complexity index is 2500. The average Bonchev–Trinajstić information content (AvgIpc) is 3.68. The summed E-state index contributed by atoms with van der Waals surface area (Å²) in [6.45, 7) is 0. The molecule has 0 radical (unpaired) electrons. The molecule has 6 aromatic carbocycles. The number of aromatic nitrogens is 3. The monoisotopic (exact) mass is 596 g/mol. The molecular weight excluding hydrogens is 573 g/mol.